The van der Waals surface area contributed by atoms with E-state index in [4.69, 9.17) is 22.1 Å². The second-order valence-corrected chi connectivity index (χ2v) is 7.31. The molecule has 0 amide bonds. The van der Waals surface area contributed by atoms with Gasteiger partial charge < -0.3 is 10.5 Å². The normalized spacial score (nSPS) is 16.7. The Bertz CT molecular complexity index is 671. The Morgan fingerprint density at radius 1 is 1.43 bits per heavy atom. The van der Waals surface area contributed by atoms with E-state index in [1.165, 1.54) is 23.1 Å². The Hall–Kier alpha value is -1.08. The summed E-state index contributed by atoms with van der Waals surface area (Å²) >= 11 is 6.02. The minimum absolute atomic E-state index is 0.0749. The Labute approximate surface area is 130 Å². The number of methoxy groups -OCH3 is 1. The lowest BCUT2D eigenvalue weighted by molar-refractivity contribution is 0.389. The van der Waals surface area contributed by atoms with Crippen LogP contribution in [-0.4, -0.2) is 32.9 Å². The van der Waals surface area contributed by atoms with Gasteiger partial charge in [0, 0.05) is 30.2 Å². The van der Waals surface area contributed by atoms with Crippen molar-refractivity contribution in [3.05, 3.63) is 34.4 Å². The van der Waals surface area contributed by atoms with Crippen LogP contribution in [0.5, 0.6) is 5.75 Å². The average Bonchev–Trinajstić information content (AvgIpc) is 2.46. The van der Waals surface area contributed by atoms with E-state index < -0.39 is 10.0 Å². The number of ether oxygens (including phenoxy) is 1. The molecule has 1 aromatic carbocycles. The summed E-state index contributed by atoms with van der Waals surface area (Å²) in [5.74, 6) is 0.271. The van der Waals surface area contributed by atoms with E-state index in [0.29, 0.717) is 23.7 Å². The molecule has 116 valence electrons. The highest BCUT2D eigenvalue weighted by Gasteiger charge is 2.30. The molecule has 0 aromatic heterocycles. The molecule has 1 aliphatic heterocycles. The van der Waals surface area contributed by atoms with Crippen LogP contribution >= 0.6 is 11.6 Å². The van der Waals surface area contributed by atoms with E-state index in [9.17, 15) is 8.42 Å². The van der Waals surface area contributed by atoms with E-state index >= 15 is 0 Å². The van der Waals surface area contributed by atoms with Crippen LogP contribution in [0.2, 0.25) is 5.02 Å². The van der Waals surface area contributed by atoms with Gasteiger partial charge in [0.05, 0.1) is 7.11 Å². The lowest BCUT2D eigenvalue weighted by Crippen LogP contribution is -2.35. The van der Waals surface area contributed by atoms with Crippen molar-refractivity contribution in [2.45, 2.75) is 24.8 Å². The summed E-state index contributed by atoms with van der Waals surface area (Å²) in [4.78, 5) is 0.0749. The fourth-order valence-electron chi connectivity index (χ4n) is 2.31. The quantitative estimate of drug-likeness (QED) is 0.858. The van der Waals surface area contributed by atoms with Crippen molar-refractivity contribution in [2.24, 2.45) is 5.73 Å². The second-order valence-electron chi connectivity index (χ2n) is 4.96. The third-order valence-corrected chi connectivity index (χ3v) is 5.63. The molecule has 2 rings (SSSR count). The Morgan fingerprint density at radius 2 is 2.14 bits per heavy atom. The monoisotopic (exact) mass is 330 g/mol. The molecule has 1 aliphatic rings. The summed E-state index contributed by atoms with van der Waals surface area (Å²) in [6.45, 7) is 2.97. The predicted octanol–water partition coefficient (Wildman–Crippen LogP) is 2.15. The van der Waals surface area contributed by atoms with Crippen LogP contribution in [0.1, 0.15) is 18.9 Å². The molecule has 2 N–H and O–H groups in total. The lowest BCUT2D eigenvalue weighted by atomic mass is 10.1. The van der Waals surface area contributed by atoms with Crippen LogP contribution in [0, 0.1) is 0 Å². The highest BCUT2D eigenvalue weighted by Crippen LogP contribution is 2.34. The average molecular weight is 331 g/mol. The van der Waals surface area contributed by atoms with Crippen LogP contribution in [0.25, 0.3) is 0 Å². The van der Waals surface area contributed by atoms with Crippen molar-refractivity contribution in [3.8, 4) is 5.75 Å². The fraction of sp³-hybridized carbons (Fsp3) is 0.429. The first kappa shape index (κ1) is 16.3. The van der Waals surface area contributed by atoms with Gasteiger partial charge in [-0.2, -0.15) is 4.31 Å². The zero-order valence-corrected chi connectivity index (χ0v) is 13.7. The van der Waals surface area contributed by atoms with E-state index in [-0.39, 0.29) is 17.2 Å². The lowest BCUT2D eigenvalue weighted by Gasteiger charge is -2.26. The van der Waals surface area contributed by atoms with Gasteiger partial charge in [-0.25, -0.2) is 8.42 Å². The van der Waals surface area contributed by atoms with Crippen molar-refractivity contribution in [2.75, 3.05) is 20.2 Å². The van der Waals surface area contributed by atoms with Crippen molar-refractivity contribution in [3.63, 3.8) is 0 Å². The number of hydrogen-bond acceptors (Lipinski definition) is 4. The van der Waals surface area contributed by atoms with Crippen LogP contribution in [0.4, 0.5) is 0 Å². The molecule has 5 nitrogen and oxygen atoms in total. The fourth-order valence-corrected chi connectivity index (χ4v) is 4.22. The minimum atomic E-state index is -3.66. The number of benzene rings is 1. The molecule has 0 unspecified atom stereocenters. The first-order valence-electron chi connectivity index (χ1n) is 6.62. The van der Waals surface area contributed by atoms with Gasteiger partial charge in [-0.05, 0) is 25.5 Å². The van der Waals surface area contributed by atoms with Gasteiger partial charge in [-0.1, -0.05) is 23.3 Å². The largest absolute Gasteiger partial charge is 0.495 e. The summed E-state index contributed by atoms with van der Waals surface area (Å²) in [6, 6.07) is 3.04. The van der Waals surface area contributed by atoms with Crippen LogP contribution in [0.15, 0.2) is 28.7 Å². The van der Waals surface area contributed by atoms with Crippen LogP contribution in [0.3, 0.4) is 0 Å². The maximum absolute atomic E-state index is 12.8. The first-order valence-corrected chi connectivity index (χ1v) is 8.44. The molecule has 0 saturated carbocycles. The zero-order chi connectivity index (χ0) is 15.6. The van der Waals surface area contributed by atoms with Gasteiger partial charge in [0.25, 0.3) is 0 Å². The van der Waals surface area contributed by atoms with Gasteiger partial charge in [0.2, 0.25) is 10.0 Å². The number of halogens is 1. The van der Waals surface area contributed by atoms with Gasteiger partial charge in [-0.15, -0.1) is 0 Å². The molecule has 0 radical (unpaired) electrons. The number of nitrogens with zero attached hydrogens (tertiary/aromatic N) is 1. The van der Waals surface area contributed by atoms with E-state index in [1.54, 1.807) is 6.07 Å². The molecule has 0 aliphatic carbocycles. The molecule has 0 spiro atoms. The molecular weight excluding hydrogens is 312 g/mol. The molecule has 7 heteroatoms. The zero-order valence-electron chi connectivity index (χ0n) is 12.1. The van der Waals surface area contributed by atoms with E-state index in [0.717, 1.165) is 6.42 Å². The van der Waals surface area contributed by atoms with Crippen LogP contribution < -0.4 is 10.5 Å². The Kier molecular flexibility index (Phi) is 4.93. The smallest absolute Gasteiger partial charge is 0.247 e. The minimum Gasteiger partial charge on any atom is -0.495 e. The highest BCUT2D eigenvalue weighted by atomic mass is 35.5. The summed E-state index contributed by atoms with van der Waals surface area (Å²) in [5, 5.41) is 0.332. The number of nitrogens with two attached hydrogens (primary N) is 1. The number of hydrogen-bond donors (Lipinski definition) is 1. The molecule has 0 atom stereocenters. The molecule has 0 fully saturated rings. The third kappa shape index (κ3) is 3.23. The van der Waals surface area contributed by atoms with Crippen molar-refractivity contribution >= 4 is 21.6 Å². The van der Waals surface area contributed by atoms with E-state index in [2.05, 4.69) is 0 Å². The van der Waals surface area contributed by atoms with Crippen molar-refractivity contribution in [1.29, 1.82) is 0 Å². The van der Waals surface area contributed by atoms with Crippen LogP contribution in [-0.2, 0) is 16.6 Å². The summed E-state index contributed by atoms with van der Waals surface area (Å²) in [7, 11) is -2.23. The number of sulfonamides is 1. The molecule has 21 heavy (non-hydrogen) atoms. The Morgan fingerprint density at radius 3 is 2.67 bits per heavy atom. The van der Waals surface area contributed by atoms with Gasteiger partial charge >= 0.3 is 0 Å². The predicted molar refractivity (Wildman–Crippen MR) is 83.0 cm³/mol. The maximum atomic E-state index is 12.8. The first-order chi connectivity index (χ1) is 9.90. The van der Waals surface area contributed by atoms with Gasteiger partial charge in [0.1, 0.15) is 10.6 Å². The maximum Gasteiger partial charge on any atom is 0.247 e. The molecule has 1 heterocycles. The molecule has 0 saturated heterocycles. The third-order valence-electron chi connectivity index (χ3n) is 3.54. The topological polar surface area (TPSA) is 72.6 Å². The molecule has 1 aromatic rings. The summed E-state index contributed by atoms with van der Waals surface area (Å²) < 4.78 is 32.3. The standard InChI is InChI=1S/C14H19ClN2O3S/c1-10-3-5-17(6-4-10)21(18,19)13-8-12(15)7-11(9-16)14(13)20-2/h3,7-8H,4-6,9,16H2,1-2H3. The molecular formula is C14H19ClN2O3S. The van der Waals surface area contributed by atoms with E-state index in [1.807, 2.05) is 13.0 Å². The van der Waals surface area contributed by atoms with Gasteiger partial charge in [0.15, 0.2) is 0 Å². The SMILES string of the molecule is COc1c(CN)cc(Cl)cc1S(=O)(=O)N1CC=C(C)CC1. The Balaban J connectivity index is 2.52. The number of rotatable bonds is 4. The summed E-state index contributed by atoms with van der Waals surface area (Å²) in [6.07, 6.45) is 2.65. The highest BCUT2D eigenvalue weighted by molar-refractivity contribution is 7.89. The molecule has 0 bridgehead atoms. The summed E-state index contributed by atoms with van der Waals surface area (Å²) in [5.41, 5.74) is 7.42. The van der Waals surface area contributed by atoms with Crippen molar-refractivity contribution in [1.82, 2.24) is 4.31 Å². The van der Waals surface area contributed by atoms with Crippen molar-refractivity contribution < 1.29 is 13.2 Å². The van der Waals surface area contributed by atoms with Gasteiger partial charge in [-0.3, -0.25) is 0 Å². The second kappa shape index (κ2) is 6.36.